The van der Waals surface area contributed by atoms with Gasteiger partial charge in [-0.3, -0.25) is 14.5 Å². The lowest BCUT2D eigenvalue weighted by Gasteiger charge is -2.13. The van der Waals surface area contributed by atoms with E-state index in [4.69, 9.17) is 0 Å². The Morgan fingerprint density at radius 1 is 0.750 bits per heavy atom. The minimum atomic E-state index is -0.340. The molecule has 3 aromatic carbocycles. The second-order valence-corrected chi connectivity index (χ2v) is 6.85. The summed E-state index contributed by atoms with van der Waals surface area (Å²) in [7, 11) is 0. The van der Waals surface area contributed by atoms with Gasteiger partial charge >= 0.3 is 0 Å². The van der Waals surface area contributed by atoms with Gasteiger partial charge in [-0.05, 0) is 23.8 Å². The standard InChI is InChI=1S/C23H16N2O3/c26-22-18-11-17-12-20(16-9-5-2-6-10-16)25(28)21(17)13-19(18)23(27)24(22)14-15-7-3-1-4-8-15/h1-13,28H,14H2. The fraction of sp³-hybridized carbons (Fsp3) is 0.0435. The molecule has 1 N–H and O–H groups in total. The highest BCUT2D eigenvalue weighted by Gasteiger charge is 2.36. The summed E-state index contributed by atoms with van der Waals surface area (Å²) in [6.07, 6.45) is 0. The number of carbonyl (C=O) groups is 2. The van der Waals surface area contributed by atoms with Crippen LogP contribution in [0, 0.1) is 0 Å². The number of benzene rings is 3. The van der Waals surface area contributed by atoms with Crippen molar-refractivity contribution in [2.24, 2.45) is 0 Å². The Hall–Kier alpha value is -3.86. The van der Waals surface area contributed by atoms with Crippen LogP contribution < -0.4 is 0 Å². The molecule has 5 rings (SSSR count). The van der Waals surface area contributed by atoms with Crippen LogP contribution in [0.5, 0.6) is 0 Å². The summed E-state index contributed by atoms with van der Waals surface area (Å²) in [4.78, 5) is 27.0. The van der Waals surface area contributed by atoms with Crippen LogP contribution in [0.1, 0.15) is 26.3 Å². The molecule has 1 aromatic heterocycles. The number of imide groups is 1. The van der Waals surface area contributed by atoms with Gasteiger partial charge < -0.3 is 5.21 Å². The molecule has 0 bridgehead atoms. The molecule has 2 heterocycles. The fourth-order valence-electron chi connectivity index (χ4n) is 3.70. The van der Waals surface area contributed by atoms with Crippen molar-refractivity contribution >= 4 is 22.7 Å². The van der Waals surface area contributed by atoms with E-state index >= 15 is 0 Å². The van der Waals surface area contributed by atoms with Crippen LogP contribution in [0.25, 0.3) is 22.2 Å². The van der Waals surface area contributed by atoms with E-state index in [-0.39, 0.29) is 18.4 Å². The SMILES string of the molecule is O=C1c2cc3cc(-c4ccccc4)n(O)c3cc2C(=O)N1Cc1ccccc1. The maximum absolute atomic E-state index is 12.9. The smallest absolute Gasteiger partial charge is 0.261 e. The van der Waals surface area contributed by atoms with E-state index in [1.165, 1.54) is 4.90 Å². The second-order valence-electron chi connectivity index (χ2n) is 6.85. The molecule has 0 fully saturated rings. The molecule has 4 aromatic rings. The molecular weight excluding hydrogens is 352 g/mol. The normalized spacial score (nSPS) is 13.4. The summed E-state index contributed by atoms with van der Waals surface area (Å²) in [5, 5.41) is 11.3. The topological polar surface area (TPSA) is 62.5 Å². The van der Waals surface area contributed by atoms with Gasteiger partial charge in [0.05, 0.1) is 28.9 Å². The van der Waals surface area contributed by atoms with Gasteiger partial charge in [0.15, 0.2) is 0 Å². The zero-order valence-corrected chi connectivity index (χ0v) is 14.9. The minimum absolute atomic E-state index is 0.228. The Morgan fingerprint density at radius 3 is 2.04 bits per heavy atom. The van der Waals surface area contributed by atoms with Crippen LogP contribution in [0.2, 0.25) is 0 Å². The summed E-state index contributed by atoms with van der Waals surface area (Å²) in [5.74, 6) is -0.647. The number of amides is 2. The van der Waals surface area contributed by atoms with E-state index in [1.807, 2.05) is 66.7 Å². The van der Waals surface area contributed by atoms with E-state index in [2.05, 4.69) is 0 Å². The predicted molar refractivity (Wildman–Crippen MR) is 105 cm³/mol. The van der Waals surface area contributed by atoms with Gasteiger partial charge in [-0.2, -0.15) is 4.73 Å². The molecule has 0 saturated carbocycles. The maximum Gasteiger partial charge on any atom is 0.261 e. The van der Waals surface area contributed by atoms with Crippen LogP contribution in [0.3, 0.4) is 0 Å². The van der Waals surface area contributed by atoms with Crippen LogP contribution in [0.15, 0.2) is 78.9 Å². The Balaban J connectivity index is 1.58. The van der Waals surface area contributed by atoms with E-state index in [0.717, 1.165) is 15.9 Å². The number of carbonyl (C=O) groups excluding carboxylic acids is 2. The molecule has 1 aliphatic heterocycles. The average Bonchev–Trinajstić information content (AvgIpc) is 3.18. The number of nitrogens with zero attached hydrogens (tertiary/aromatic N) is 2. The second kappa shape index (κ2) is 6.09. The van der Waals surface area contributed by atoms with E-state index < -0.39 is 0 Å². The summed E-state index contributed by atoms with van der Waals surface area (Å²) in [6, 6.07) is 24.0. The number of hydrogen-bond acceptors (Lipinski definition) is 3. The van der Waals surface area contributed by atoms with Gasteiger partial charge in [0.1, 0.15) is 0 Å². The molecule has 136 valence electrons. The van der Waals surface area contributed by atoms with Crippen molar-refractivity contribution in [3.05, 3.63) is 95.6 Å². The van der Waals surface area contributed by atoms with E-state index in [9.17, 15) is 14.8 Å². The molecule has 0 spiro atoms. The number of hydrogen-bond donors (Lipinski definition) is 1. The summed E-state index contributed by atoms with van der Waals surface area (Å²) >= 11 is 0. The highest BCUT2D eigenvalue weighted by Crippen LogP contribution is 2.33. The average molecular weight is 368 g/mol. The molecule has 2 amide bonds. The first kappa shape index (κ1) is 16.3. The third-order valence-corrected chi connectivity index (χ3v) is 5.12. The van der Waals surface area contributed by atoms with Crippen molar-refractivity contribution in [1.29, 1.82) is 0 Å². The minimum Gasteiger partial charge on any atom is -0.428 e. The lowest BCUT2D eigenvalue weighted by molar-refractivity contribution is 0.0642. The molecule has 1 aliphatic rings. The predicted octanol–water partition coefficient (Wildman–Crippen LogP) is 4.34. The quantitative estimate of drug-likeness (QED) is 0.432. The van der Waals surface area contributed by atoms with Crippen LogP contribution >= 0.6 is 0 Å². The van der Waals surface area contributed by atoms with Gasteiger partial charge in [0.25, 0.3) is 11.8 Å². The zero-order chi connectivity index (χ0) is 19.3. The molecule has 5 heteroatoms. The number of rotatable bonds is 3. The Bertz CT molecular complexity index is 1230. The first-order valence-corrected chi connectivity index (χ1v) is 8.98. The molecule has 0 unspecified atom stereocenters. The van der Waals surface area contributed by atoms with Crippen molar-refractivity contribution in [3.8, 4) is 11.3 Å². The summed E-state index contributed by atoms with van der Waals surface area (Å²) in [6.45, 7) is 0.228. The number of aromatic nitrogens is 1. The highest BCUT2D eigenvalue weighted by atomic mass is 16.5. The first-order valence-electron chi connectivity index (χ1n) is 8.98. The number of fused-ring (bicyclic) bond motifs is 2. The zero-order valence-electron chi connectivity index (χ0n) is 14.9. The molecule has 0 aliphatic carbocycles. The van der Waals surface area contributed by atoms with Gasteiger partial charge in [-0.1, -0.05) is 60.7 Å². The molecule has 0 atom stereocenters. The lowest BCUT2D eigenvalue weighted by atomic mass is 10.1. The van der Waals surface area contributed by atoms with Crippen molar-refractivity contribution in [2.45, 2.75) is 6.54 Å². The lowest BCUT2D eigenvalue weighted by Crippen LogP contribution is -2.29. The highest BCUT2D eigenvalue weighted by molar-refractivity contribution is 6.23. The van der Waals surface area contributed by atoms with Gasteiger partial charge in [0.2, 0.25) is 0 Å². The summed E-state index contributed by atoms with van der Waals surface area (Å²) < 4.78 is 1.07. The van der Waals surface area contributed by atoms with E-state index in [1.54, 1.807) is 12.1 Å². The maximum atomic E-state index is 12.9. The monoisotopic (exact) mass is 368 g/mol. The fourth-order valence-corrected chi connectivity index (χ4v) is 3.70. The van der Waals surface area contributed by atoms with Crippen molar-refractivity contribution < 1.29 is 14.8 Å². The molecule has 28 heavy (non-hydrogen) atoms. The molecule has 0 radical (unpaired) electrons. The van der Waals surface area contributed by atoms with Crippen molar-refractivity contribution in [3.63, 3.8) is 0 Å². The van der Waals surface area contributed by atoms with Crippen LogP contribution in [0.4, 0.5) is 0 Å². The first-order chi connectivity index (χ1) is 13.6. The Labute approximate surface area is 161 Å². The molecule has 5 nitrogen and oxygen atoms in total. The van der Waals surface area contributed by atoms with Gasteiger partial charge in [0, 0.05) is 10.9 Å². The van der Waals surface area contributed by atoms with Crippen LogP contribution in [-0.2, 0) is 6.54 Å². The third-order valence-electron chi connectivity index (χ3n) is 5.12. The van der Waals surface area contributed by atoms with E-state index in [0.29, 0.717) is 27.7 Å². The van der Waals surface area contributed by atoms with Gasteiger partial charge in [-0.25, -0.2) is 0 Å². The summed E-state index contributed by atoms with van der Waals surface area (Å²) in [5.41, 5.74) is 3.55. The third kappa shape index (κ3) is 2.41. The van der Waals surface area contributed by atoms with Crippen molar-refractivity contribution in [2.75, 3.05) is 0 Å². The molecular formula is C23H16N2O3. The Kier molecular flexibility index (Phi) is 3.55. The van der Waals surface area contributed by atoms with Crippen LogP contribution in [-0.4, -0.2) is 26.7 Å². The largest absolute Gasteiger partial charge is 0.428 e. The molecule has 0 saturated heterocycles. The van der Waals surface area contributed by atoms with Gasteiger partial charge in [-0.15, -0.1) is 0 Å². The van der Waals surface area contributed by atoms with Crippen molar-refractivity contribution in [1.82, 2.24) is 9.63 Å². The Morgan fingerprint density at radius 2 is 1.36 bits per heavy atom.